The van der Waals surface area contributed by atoms with Crippen LogP contribution in [0.15, 0.2) is 78.9 Å². The Bertz CT molecular complexity index is 1110. The normalized spacial score (nSPS) is 14.1. The van der Waals surface area contributed by atoms with Gasteiger partial charge < -0.3 is 19.5 Å². The maximum atomic E-state index is 13.8. The van der Waals surface area contributed by atoms with Gasteiger partial charge in [-0.05, 0) is 41.7 Å². The predicted octanol–water partition coefficient (Wildman–Crippen LogP) is 5.31. The first kappa shape index (κ1) is 24.5. The molecule has 0 aliphatic heterocycles. The molecule has 2 atom stereocenters. The Kier molecular flexibility index (Phi) is 7.83. The highest BCUT2D eigenvalue weighted by atomic mass is 16.5. The van der Waals surface area contributed by atoms with Gasteiger partial charge in [-0.25, -0.2) is 4.79 Å². The number of carbonyl (C=O) groups excluding carboxylic acids is 2. The van der Waals surface area contributed by atoms with Gasteiger partial charge in [-0.3, -0.25) is 4.79 Å². The van der Waals surface area contributed by atoms with E-state index in [-0.39, 0.29) is 31.1 Å². The maximum Gasteiger partial charge on any atom is 0.406 e. The molecular weight excluding hydrogens is 442 g/mol. The first-order valence-corrected chi connectivity index (χ1v) is 11.9. The average molecular weight is 474 g/mol. The third kappa shape index (κ3) is 5.54. The molecule has 6 heteroatoms. The van der Waals surface area contributed by atoms with Gasteiger partial charge in [0.25, 0.3) is 0 Å². The van der Waals surface area contributed by atoms with E-state index in [2.05, 4.69) is 29.6 Å². The van der Waals surface area contributed by atoms with E-state index in [1.54, 1.807) is 0 Å². The van der Waals surface area contributed by atoms with E-state index in [4.69, 9.17) is 14.2 Å². The summed E-state index contributed by atoms with van der Waals surface area (Å²) >= 11 is 0. The number of rotatable bonds is 9. The van der Waals surface area contributed by atoms with Crippen LogP contribution in [0, 0.1) is 5.92 Å². The first-order valence-electron chi connectivity index (χ1n) is 11.9. The van der Waals surface area contributed by atoms with Crippen LogP contribution >= 0.6 is 0 Å². The summed E-state index contributed by atoms with van der Waals surface area (Å²) in [5.41, 5.74) is 5.19. The second kappa shape index (κ2) is 11.2. The molecule has 0 heterocycles. The molecule has 3 aromatic rings. The predicted molar refractivity (Wildman–Crippen MR) is 134 cm³/mol. The second-order valence-electron chi connectivity index (χ2n) is 8.87. The summed E-state index contributed by atoms with van der Waals surface area (Å²) in [7, 11) is 1.31. The van der Waals surface area contributed by atoms with Crippen LogP contribution in [0.25, 0.3) is 11.1 Å². The van der Waals surface area contributed by atoms with E-state index in [0.29, 0.717) is 0 Å². The number of hydrogen-bond donors (Lipinski definition) is 1. The van der Waals surface area contributed by atoms with E-state index < -0.39 is 18.1 Å². The number of esters is 1. The topological polar surface area (TPSA) is 73.9 Å². The molecule has 1 N–H and O–H groups in total. The van der Waals surface area contributed by atoms with Crippen LogP contribution < -0.4 is 5.32 Å². The van der Waals surface area contributed by atoms with E-state index in [0.717, 1.165) is 27.8 Å². The maximum absolute atomic E-state index is 13.8. The molecule has 35 heavy (non-hydrogen) atoms. The molecule has 0 saturated heterocycles. The minimum absolute atomic E-state index is 0.108. The summed E-state index contributed by atoms with van der Waals surface area (Å²) in [4.78, 5) is 25.7. The van der Waals surface area contributed by atoms with Crippen LogP contribution in [-0.2, 0) is 25.6 Å². The number of amides is 1. The molecule has 1 aliphatic carbocycles. The zero-order valence-electron chi connectivity index (χ0n) is 20.3. The molecule has 4 rings (SSSR count). The number of nitrogens with one attached hydrogen (secondary N) is 1. The fourth-order valence-electron chi connectivity index (χ4n) is 4.77. The molecule has 6 nitrogen and oxygen atoms in total. The molecule has 3 aromatic carbocycles. The van der Waals surface area contributed by atoms with Gasteiger partial charge in [0.1, 0.15) is 6.61 Å². The zero-order valence-corrected chi connectivity index (χ0v) is 20.3. The summed E-state index contributed by atoms with van der Waals surface area (Å²) in [6, 6.07) is 25.8. The molecule has 182 valence electrons. The molecule has 0 aromatic heterocycles. The Hall–Kier alpha value is -3.64. The van der Waals surface area contributed by atoms with Crippen LogP contribution in [0.4, 0.5) is 4.79 Å². The lowest BCUT2D eigenvalue weighted by atomic mass is 9.80. The third-order valence-electron chi connectivity index (χ3n) is 6.22. The summed E-state index contributed by atoms with van der Waals surface area (Å²) in [6.45, 7) is 4.09. The van der Waals surface area contributed by atoms with Gasteiger partial charge in [-0.15, -0.1) is 0 Å². The summed E-state index contributed by atoms with van der Waals surface area (Å²) in [6.07, 6.45) is -1.39. The number of alkyl carbamates (subject to hydrolysis) is 1. The van der Waals surface area contributed by atoms with Crippen LogP contribution in [0.1, 0.15) is 36.5 Å². The van der Waals surface area contributed by atoms with Gasteiger partial charge in [0, 0.05) is 12.5 Å². The van der Waals surface area contributed by atoms with Crippen molar-refractivity contribution in [1.82, 2.24) is 5.32 Å². The Balaban J connectivity index is 1.74. The highest BCUT2D eigenvalue weighted by Gasteiger charge is 2.44. The highest BCUT2D eigenvalue weighted by molar-refractivity contribution is 5.84. The molecule has 0 fully saturated rings. The summed E-state index contributed by atoms with van der Waals surface area (Å²) < 4.78 is 16.9. The lowest BCUT2D eigenvalue weighted by molar-refractivity contribution is -0.158. The lowest BCUT2D eigenvalue weighted by Crippen LogP contribution is -2.45. The van der Waals surface area contributed by atoms with Gasteiger partial charge in [0.2, 0.25) is 0 Å². The highest BCUT2D eigenvalue weighted by Crippen LogP contribution is 2.49. The van der Waals surface area contributed by atoms with E-state index in [9.17, 15) is 9.59 Å². The number of carbonyl (C=O) groups is 2. The number of hydrogen-bond acceptors (Lipinski definition) is 5. The molecule has 0 bridgehead atoms. The van der Waals surface area contributed by atoms with Crippen LogP contribution in [0.2, 0.25) is 0 Å². The van der Waals surface area contributed by atoms with Crippen molar-refractivity contribution in [2.75, 3.05) is 13.7 Å². The molecular formula is C29H31NO5. The fourth-order valence-corrected chi connectivity index (χ4v) is 4.77. The van der Waals surface area contributed by atoms with Crippen molar-refractivity contribution in [3.8, 4) is 11.1 Å². The van der Waals surface area contributed by atoms with Crippen molar-refractivity contribution in [1.29, 1.82) is 0 Å². The van der Waals surface area contributed by atoms with Crippen molar-refractivity contribution in [2.45, 2.75) is 38.6 Å². The Morgan fingerprint density at radius 1 is 0.857 bits per heavy atom. The zero-order chi connectivity index (χ0) is 24.8. The van der Waals surface area contributed by atoms with Gasteiger partial charge in [0.15, 0.2) is 0 Å². The Morgan fingerprint density at radius 2 is 1.43 bits per heavy atom. The van der Waals surface area contributed by atoms with Crippen molar-refractivity contribution >= 4 is 12.1 Å². The minimum atomic E-state index is -0.692. The monoisotopic (exact) mass is 473 g/mol. The van der Waals surface area contributed by atoms with Gasteiger partial charge in [-0.1, -0.05) is 78.9 Å². The van der Waals surface area contributed by atoms with Crippen molar-refractivity contribution in [3.63, 3.8) is 0 Å². The molecule has 0 radical (unpaired) electrons. The minimum Gasteiger partial charge on any atom is -0.460 e. The average Bonchev–Trinajstić information content (AvgIpc) is 3.20. The quantitative estimate of drug-likeness (QED) is 0.427. The number of methoxy groups -OCH3 is 1. The molecule has 0 spiro atoms. The van der Waals surface area contributed by atoms with Crippen LogP contribution in [-0.4, -0.2) is 37.9 Å². The standard InChI is InChI=1S/C29H31NO5/c1-19(2)35-25(17-30-29(32)33-3)27(28(31)34-18-20-11-5-4-6-12-20)26-23-15-9-7-13-21(23)22-14-8-10-16-24(22)26/h4-16,19,25-27H,17-18H2,1-3H3,(H,30,32). The first-order chi connectivity index (χ1) is 17.0. The molecule has 1 aliphatic rings. The van der Waals surface area contributed by atoms with E-state index in [1.807, 2.05) is 68.4 Å². The van der Waals surface area contributed by atoms with Gasteiger partial charge in [0.05, 0.1) is 25.2 Å². The van der Waals surface area contributed by atoms with Crippen molar-refractivity contribution in [2.24, 2.45) is 5.92 Å². The molecule has 2 unspecified atom stereocenters. The lowest BCUT2D eigenvalue weighted by Gasteiger charge is -2.32. The molecule has 1 amide bonds. The van der Waals surface area contributed by atoms with Gasteiger partial charge >= 0.3 is 12.1 Å². The number of benzene rings is 3. The van der Waals surface area contributed by atoms with Crippen molar-refractivity contribution < 1.29 is 23.8 Å². The second-order valence-corrected chi connectivity index (χ2v) is 8.87. The van der Waals surface area contributed by atoms with Gasteiger partial charge in [-0.2, -0.15) is 0 Å². The fraction of sp³-hybridized carbons (Fsp3) is 0.310. The SMILES string of the molecule is COC(=O)NCC(OC(C)C)C(C(=O)OCc1ccccc1)C1c2ccccc2-c2ccccc21. The Morgan fingerprint density at radius 3 is 2.00 bits per heavy atom. The third-order valence-corrected chi connectivity index (χ3v) is 6.22. The largest absolute Gasteiger partial charge is 0.460 e. The van der Waals surface area contributed by atoms with Crippen molar-refractivity contribution in [3.05, 3.63) is 95.6 Å². The van der Waals surface area contributed by atoms with E-state index >= 15 is 0 Å². The smallest absolute Gasteiger partial charge is 0.406 e. The van der Waals surface area contributed by atoms with E-state index in [1.165, 1.54) is 7.11 Å². The summed E-state index contributed by atoms with van der Waals surface area (Å²) in [5, 5.41) is 2.72. The molecule has 0 saturated carbocycles. The Labute approximate surface area is 206 Å². The number of ether oxygens (including phenoxy) is 3. The van der Waals surface area contributed by atoms with Crippen LogP contribution in [0.5, 0.6) is 0 Å². The van der Waals surface area contributed by atoms with Crippen LogP contribution in [0.3, 0.4) is 0 Å². The number of fused-ring (bicyclic) bond motifs is 3. The summed E-state index contributed by atoms with van der Waals surface area (Å²) in [5.74, 6) is -1.35.